The topological polar surface area (TPSA) is 49.4 Å². The Balaban J connectivity index is 1.84. The van der Waals surface area contributed by atoms with Crippen LogP contribution in [0.3, 0.4) is 0 Å². The highest BCUT2D eigenvalue weighted by atomic mass is 79.9. The lowest BCUT2D eigenvalue weighted by atomic mass is 10.1. The lowest BCUT2D eigenvalue weighted by Gasteiger charge is -2.33. The van der Waals surface area contributed by atoms with Crippen LogP contribution in [0, 0.1) is 0 Å². The molecule has 1 aromatic heterocycles. The van der Waals surface area contributed by atoms with Gasteiger partial charge in [0.15, 0.2) is 0 Å². The maximum atomic E-state index is 12.0. The molecular weight excluding hydrogens is 372 g/mol. The number of hydrogen-bond donors (Lipinski definition) is 1. The minimum Gasteiger partial charge on any atom is -0.307 e. The van der Waals surface area contributed by atoms with E-state index in [1.165, 1.54) is 4.88 Å². The number of piperidine rings is 1. The first-order valence-corrected chi connectivity index (χ1v) is 10.6. The largest absolute Gasteiger partial charge is 0.307 e. The van der Waals surface area contributed by atoms with Crippen molar-refractivity contribution in [1.29, 1.82) is 0 Å². The van der Waals surface area contributed by atoms with Gasteiger partial charge in [-0.3, -0.25) is 0 Å². The zero-order valence-corrected chi connectivity index (χ0v) is 15.7. The third-order valence-electron chi connectivity index (χ3n) is 3.82. The fourth-order valence-corrected chi connectivity index (χ4v) is 5.66. The molecule has 0 aromatic carbocycles. The van der Waals surface area contributed by atoms with Gasteiger partial charge in [-0.1, -0.05) is 6.92 Å². The highest BCUT2D eigenvalue weighted by molar-refractivity contribution is 9.11. The van der Waals surface area contributed by atoms with Crippen LogP contribution in [0.4, 0.5) is 0 Å². The molecule has 1 unspecified atom stereocenters. The van der Waals surface area contributed by atoms with Gasteiger partial charge in [0.05, 0.1) is 9.54 Å². The minimum atomic E-state index is -3.03. The predicted octanol–water partition coefficient (Wildman–Crippen LogP) is 3.37. The number of rotatable bonds is 6. The van der Waals surface area contributed by atoms with Crippen LogP contribution in [0.2, 0.25) is 0 Å². The first-order valence-electron chi connectivity index (χ1n) is 7.41. The third kappa shape index (κ3) is 4.76. The highest BCUT2D eigenvalue weighted by Gasteiger charge is 2.27. The zero-order chi connectivity index (χ0) is 15.5. The predicted molar refractivity (Wildman–Crippen MR) is 92.2 cm³/mol. The van der Waals surface area contributed by atoms with E-state index in [-0.39, 0.29) is 5.75 Å². The second-order valence-corrected chi connectivity index (χ2v) is 10.1. The summed E-state index contributed by atoms with van der Waals surface area (Å²) in [7, 11) is -3.03. The van der Waals surface area contributed by atoms with Crippen molar-refractivity contribution in [2.75, 3.05) is 18.8 Å². The summed E-state index contributed by atoms with van der Waals surface area (Å²) in [6.45, 7) is 5.35. The number of halogens is 1. The third-order valence-corrected chi connectivity index (χ3v) is 7.70. The Morgan fingerprint density at radius 1 is 1.43 bits per heavy atom. The van der Waals surface area contributed by atoms with Gasteiger partial charge in [-0.25, -0.2) is 12.7 Å². The van der Waals surface area contributed by atoms with Crippen LogP contribution in [-0.2, 0) is 10.0 Å². The molecule has 2 heterocycles. The number of nitrogens with zero attached hydrogens (tertiary/aromatic N) is 1. The van der Waals surface area contributed by atoms with Crippen LogP contribution in [-0.4, -0.2) is 37.6 Å². The molecule has 0 amide bonds. The molecule has 1 saturated heterocycles. The van der Waals surface area contributed by atoms with Gasteiger partial charge < -0.3 is 5.32 Å². The van der Waals surface area contributed by atoms with Crippen LogP contribution in [0.5, 0.6) is 0 Å². The number of hydrogen-bond acceptors (Lipinski definition) is 4. The summed E-state index contributed by atoms with van der Waals surface area (Å²) in [5.41, 5.74) is 0. The van der Waals surface area contributed by atoms with Gasteiger partial charge in [0, 0.05) is 30.1 Å². The Labute approximate surface area is 140 Å². The van der Waals surface area contributed by atoms with E-state index in [2.05, 4.69) is 40.3 Å². The Hall–Kier alpha value is 0.0500. The Morgan fingerprint density at radius 3 is 2.62 bits per heavy atom. The van der Waals surface area contributed by atoms with Crippen molar-refractivity contribution >= 4 is 37.3 Å². The normalized spacial score (nSPS) is 19.8. The van der Waals surface area contributed by atoms with E-state index in [0.717, 1.165) is 16.6 Å². The molecule has 1 aromatic rings. The summed E-state index contributed by atoms with van der Waals surface area (Å²) in [5.74, 6) is 0.269. The van der Waals surface area contributed by atoms with Crippen LogP contribution in [0.1, 0.15) is 44.0 Å². The first-order chi connectivity index (χ1) is 9.92. The van der Waals surface area contributed by atoms with Crippen molar-refractivity contribution < 1.29 is 8.42 Å². The summed E-state index contributed by atoms with van der Waals surface area (Å²) in [6.07, 6.45) is 2.46. The van der Waals surface area contributed by atoms with Gasteiger partial charge in [0.1, 0.15) is 0 Å². The molecular formula is C14H23BrN2O2S2. The number of thiophene rings is 1. The van der Waals surface area contributed by atoms with Crippen LogP contribution < -0.4 is 5.32 Å². The maximum Gasteiger partial charge on any atom is 0.214 e. The average molecular weight is 395 g/mol. The molecule has 2 rings (SSSR count). The van der Waals surface area contributed by atoms with Crippen molar-refractivity contribution in [1.82, 2.24) is 9.62 Å². The quantitative estimate of drug-likeness (QED) is 0.804. The molecule has 21 heavy (non-hydrogen) atoms. The summed E-state index contributed by atoms with van der Waals surface area (Å²) < 4.78 is 26.9. The first kappa shape index (κ1) is 17.4. The summed E-state index contributed by atoms with van der Waals surface area (Å²) >= 11 is 5.23. The molecule has 4 nitrogen and oxygen atoms in total. The molecule has 1 aliphatic rings. The molecule has 0 radical (unpaired) electrons. The smallest absolute Gasteiger partial charge is 0.214 e. The fourth-order valence-electron chi connectivity index (χ4n) is 2.68. The molecule has 1 atom stereocenters. The fraction of sp³-hybridized carbons (Fsp3) is 0.714. The van der Waals surface area contributed by atoms with Crippen LogP contribution in [0.15, 0.2) is 15.9 Å². The number of nitrogens with one attached hydrogen (secondary N) is 1. The Morgan fingerprint density at radius 2 is 2.10 bits per heavy atom. The Bertz CT molecular complexity index is 551. The minimum absolute atomic E-state index is 0.269. The van der Waals surface area contributed by atoms with E-state index in [0.29, 0.717) is 31.6 Å². The van der Waals surface area contributed by atoms with E-state index in [1.807, 2.05) is 6.92 Å². The zero-order valence-electron chi connectivity index (χ0n) is 12.5. The molecule has 0 bridgehead atoms. The summed E-state index contributed by atoms with van der Waals surface area (Å²) in [4.78, 5) is 1.31. The van der Waals surface area contributed by atoms with Gasteiger partial charge in [0.25, 0.3) is 0 Å². The highest BCUT2D eigenvalue weighted by Crippen LogP contribution is 2.28. The average Bonchev–Trinajstić information content (AvgIpc) is 2.86. The van der Waals surface area contributed by atoms with Crippen LogP contribution in [0.25, 0.3) is 0 Å². The van der Waals surface area contributed by atoms with E-state index in [9.17, 15) is 8.42 Å². The molecule has 7 heteroatoms. The molecule has 0 spiro atoms. The van der Waals surface area contributed by atoms with Crippen molar-refractivity contribution in [3.8, 4) is 0 Å². The number of sulfonamides is 1. The van der Waals surface area contributed by atoms with Gasteiger partial charge in [-0.15, -0.1) is 11.3 Å². The Kier molecular flexibility index (Phi) is 6.25. The standard InChI is InChI=1S/C14H23BrN2O2S2/c1-3-10-21(18,19)17-8-6-12(7-9-17)16-11(2)13-4-5-14(15)20-13/h4-5,11-12,16H,3,6-10H2,1-2H3. The molecule has 1 N–H and O–H groups in total. The van der Waals surface area contributed by atoms with Crippen molar-refractivity contribution in [3.63, 3.8) is 0 Å². The van der Waals surface area contributed by atoms with Gasteiger partial charge in [-0.2, -0.15) is 0 Å². The van der Waals surface area contributed by atoms with Crippen molar-refractivity contribution in [2.45, 2.75) is 45.2 Å². The monoisotopic (exact) mass is 394 g/mol. The van der Waals surface area contributed by atoms with Gasteiger partial charge in [0.2, 0.25) is 10.0 Å². The van der Waals surface area contributed by atoms with E-state index >= 15 is 0 Å². The molecule has 0 saturated carbocycles. The molecule has 0 aliphatic carbocycles. The second-order valence-electron chi connectivity index (χ2n) is 5.52. The lowest BCUT2D eigenvalue weighted by Crippen LogP contribution is -2.45. The maximum absolute atomic E-state index is 12.0. The van der Waals surface area contributed by atoms with E-state index < -0.39 is 10.0 Å². The lowest BCUT2D eigenvalue weighted by molar-refractivity contribution is 0.278. The van der Waals surface area contributed by atoms with E-state index in [1.54, 1.807) is 15.6 Å². The molecule has 1 fully saturated rings. The van der Waals surface area contributed by atoms with Gasteiger partial charge in [-0.05, 0) is 54.2 Å². The van der Waals surface area contributed by atoms with Crippen molar-refractivity contribution in [3.05, 3.63) is 20.8 Å². The van der Waals surface area contributed by atoms with Gasteiger partial charge >= 0.3 is 0 Å². The summed E-state index contributed by atoms with van der Waals surface area (Å²) in [5, 5.41) is 3.62. The van der Waals surface area contributed by atoms with Crippen molar-refractivity contribution in [2.24, 2.45) is 0 Å². The SMILES string of the molecule is CCCS(=O)(=O)N1CCC(NC(C)c2ccc(Br)s2)CC1. The molecule has 1 aliphatic heterocycles. The van der Waals surface area contributed by atoms with E-state index in [4.69, 9.17) is 0 Å². The van der Waals surface area contributed by atoms with Crippen LogP contribution >= 0.6 is 27.3 Å². The second kappa shape index (κ2) is 7.55. The molecule has 120 valence electrons. The summed E-state index contributed by atoms with van der Waals surface area (Å²) in [6, 6.07) is 4.91.